The van der Waals surface area contributed by atoms with Crippen molar-refractivity contribution in [2.75, 3.05) is 26.9 Å². The van der Waals surface area contributed by atoms with Gasteiger partial charge in [0.2, 0.25) is 0 Å². The van der Waals surface area contributed by atoms with Crippen LogP contribution in [0.15, 0.2) is 21.9 Å². The third kappa shape index (κ3) is 6.83. The fraction of sp³-hybridized carbons (Fsp3) is 0.692. The van der Waals surface area contributed by atoms with Crippen LogP contribution in [0, 0.1) is 0 Å². The first-order valence-electron chi connectivity index (χ1n) is 7.46. The summed E-state index contributed by atoms with van der Waals surface area (Å²) in [7, 11) is -3.25. The van der Waals surface area contributed by atoms with E-state index in [0.717, 1.165) is 23.9 Å². The van der Waals surface area contributed by atoms with Gasteiger partial charge in [0.25, 0.3) is 5.56 Å². The third-order valence-electron chi connectivity index (χ3n) is 3.19. The van der Waals surface area contributed by atoms with Crippen LogP contribution in [-0.2, 0) is 23.1 Å². The van der Waals surface area contributed by atoms with Gasteiger partial charge in [-0.25, -0.2) is 9.36 Å². The molecule has 1 rings (SSSR count). The fourth-order valence-electron chi connectivity index (χ4n) is 1.89. The quantitative estimate of drug-likeness (QED) is 0.435. The molecule has 0 aliphatic heterocycles. The van der Waals surface area contributed by atoms with Crippen molar-refractivity contribution in [1.29, 1.82) is 0 Å². The minimum absolute atomic E-state index is 0.0318. The number of hydrogen-bond donors (Lipinski definition) is 3. The Morgan fingerprint density at radius 1 is 1.40 bits per heavy atom. The van der Waals surface area contributed by atoms with Crippen LogP contribution in [0.25, 0.3) is 0 Å². The largest absolute Gasteiger partial charge is 0.472 e. The Morgan fingerprint density at radius 2 is 2.08 bits per heavy atom. The lowest BCUT2D eigenvalue weighted by Gasteiger charge is -2.29. The Kier molecular flexibility index (Phi) is 8.66. The number of aromatic nitrogens is 2. The van der Waals surface area contributed by atoms with Crippen molar-refractivity contribution >= 4 is 7.82 Å². The van der Waals surface area contributed by atoms with Gasteiger partial charge in [0.15, 0.2) is 6.23 Å². The van der Waals surface area contributed by atoms with Gasteiger partial charge in [0.1, 0.15) is 6.10 Å². The van der Waals surface area contributed by atoms with Crippen molar-refractivity contribution in [2.45, 2.75) is 32.3 Å². The highest BCUT2D eigenvalue weighted by Gasteiger charge is 2.31. The van der Waals surface area contributed by atoms with Crippen molar-refractivity contribution in [1.82, 2.24) is 9.55 Å². The van der Waals surface area contributed by atoms with Crippen LogP contribution in [0.2, 0.25) is 0 Å². The smallest absolute Gasteiger partial charge is 0.392 e. The van der Waals surface area contributed by atoms with Crippen LogP contribution in [0.5, 0.6) is 0 Å². The summed E-state index contributed by atoms with van der Waals surface area (Å²) in [6.07, 6.45) is -1.87. The number of aliphatic hydroxyl groups is 1. The maximum absolute atomic E-state index is 11.8. The van der Waals surface area contributed by atoms with Crippen molar-refractivity contribution in [3.05, 3.63) is 33.1 Å². The Bertz CT molecular complexity index is 689. The molecular formula is C13H23N2O9P. The second kappa shape index (κ2) is 9.97. The molecule has 25 heavy (non-hydrogen) atoms. The Labute approximate surface area is 143 Å². The molecule has 1 aromatic heterocycles. The zero-order valence-corrected chi connectivity index (χ0v) is 15.0. The van der Waals surface area contributed by atoms with E-state index in [-0.39, 0.29) is 6.61 Å². The summed E-state index contributed by atoms with van der Waals surface area (Å²) in [6, 6.07) is 1.09. The van der Waals surface area contributed by atoms with Gasteiger partial charge in [0.05, 0.1) is 19.3 Å². The molecule has 0 fully saturated rings. The molecule has 0 aromatic carbocycles. The molecule has 1 aromatic rings. The lowest BCUT2D eigenvalue weighted by molar-refractivity contribution is -0.140. The fourth-order valence-corrected chi connectivity index (χ4v) is 2.53. The topological polar surface area (TPSA) is 149 Å². The summed E-state index contributed by atoms with van der Waals surface area (Å²) in [6.45, 7) is 2.91. The van der Waals surface area contributed by atoms with E-state index in [2.05, 4.69) is 4.52 Å². The van der Waals surface area contributed by atoms with Crippen LogP contribution in [0.4, 0.5) is 0 Å². The van der Waals surface area contributed by atoms with Gasteiger partial charge >= 0.3 is 13.5 Å². The highest BCUT2D eigenvalue weighted by atomic mass is 31.2. The predicted octanol–water partition coefficient (Wildman–Crippen LogP) is -0.399. The van der Waals surface area contributed by atoms with Gasteiger partial charge < -0.3 is 19.5 Å². The van der Waals surface area contributed by atoms with E-state index in [9.17, 15) is 24.2 Å². The van der Waals surface area contributed by atoms with Crippen LogP contribution in [0.1, 0.15) is 20.1 Å². The van der Waals surface area contributed by atoms with Crippen molar-refractivity contribution in [2.24, 2.45) is 0 Å². The first-order chi connectivity index (χ1) is 11.7. The number of ether oxygens (including phenoxy) is 2. The standard InChI is InChI=1S/C13H23N2O9P/c1-4-22-8-10(9(2)24-25(19,20)21-3)23-12(7-16)15-6-5-11(17)14-13(15)18/h5-6,9-10,12,16H,4,7-8H2,1-3H3,(H,19,20)(H,14,17,18)/t9-,10?,12?/m1/s1. The lowest BCUT2D eigenvalue weighted by Crippen LogP contribution is -2.40. The van der Waals surface area contributed by atoms with Gasteiger partial charge in [-0.2, -0.15) is 0 Å². The predicted molar refractivity (Wildman–Crippen MR) is 86.2 cm³/mol. The van der Waals surface area contributed by atoms with Crippen LogP contribution >= 0.6 is 7.82 Å². The number of phosphoric ester groups is 1. The van der Waals surface area contributed by atoms with Crippen molar-refractivity contribution in [3.8, 4) is 0 Å². The molecule has 0 radical (unpaired) electrons. The maximum atomic E-state index is 11.8. The number of aromatic amines is 1. The summed E-state index contributed by atoms with van der Waals surface area (Å²) in [5.41, 5.74) is -1.37. The lowest BCUT2D eigenvalue weighted by atomic mass is 10.2. The van der Waals surface area contributed by atoms with Gasteiger partial charge in [-0.05, 0) is 13.8 Å². The van der Waals surface area contributed by atoms with Gasteiger partial charge in [0, 0.05) is 26.0 Å². The number of hydrogen-bond acceptors (Lipinski definition) is 8. The molecule has 0 bridgehead atoms. The second-order valence-corrected chi connectivity index (χ2v) is 6.46. The normalized spacial score (nSPS) is 17.6. The Morgan fingerprint density at radius 3 is 2.60 bits per heavy atom. The minimum Gasteiger partial charge on any atom is -0.392 e. The van der Waals surface area contributed by atoms with Gasteiger partial charge in [-0.3, -0.25) is 23.4 Å². The Balaban J connectivity index is 2.99. The molecule has 0 amide bonds. The molecule has 0 saturated heterocycles. The zero-order chi connectivity index (χ0) is 19.0. The van der Waals surface area contributed by atoms with Crippen LogP contribution in [-0.4, -0.2) is 58.7 Å². The number of nitrogens with zero attached hydrogens (tertiary/aromatic N) is 1. The van der Waals surface area contributed by atoms with Crippen molar-refractivity contribution in [3.63, 3.8) is 0 Å². The second-order valence-electron chi connectivity index (χ2n) is 4.95. The highest BCUT2D eigenvalue weighted by molar-refractivity contribution is 7.47. The summed E-state index contributed by atoms with van der Waals surface area (Å²) in [5, 5.41) is 9.52. The summed E-state index contributed by atoms with van der Waals surface area (Å²) >= 11 is 0. The molecule has 0 saturated carbocycles. The highest BCUT2D eigenvalue weighted by Crippen LogP contribution is 2.44. The molecule has 4 atom stereocenters. The third-order valence-corrected chi connectivity index (χ3v) is 4.25. The van der Waals surface area contributed by atoms with E-state index in [4.69, 9.17) is 14.0 Å². The Hall–Kier alpha value is -1.33. The number of phosphoric acid groups is 1. The molecule has 0 aliphatic carbocycles. The van der Waals surface area contributed by atoms with Gasteiger partial charge in [-0.1, -0.05) is 0 Å². The molecule has 1 heterocycles. The average molecular weight is 382 g/mol. The molecule has 12 heteroatoms. The average Bonchev–Trinajstić information content (AvgIpc) is 2.55. The summed E-state index contributed by atoms with van der Waals surface area (Å²) in [5.74, 6) is 0. The monoisotopic (exact) mass is 382 g/mol. The van der Waals surface area contributed by atoms with E-state index in [1.165, 1.54) is 6.92 Å². The number of H-pyrrole nitrogens is 1. The SMILES string of the molecule is CCOCC(OC(CO)n1ccc(=O)[nH]c1=O)[C@@H](C)OP(=O)(O)OC. The molecule has 0 aliphatic rings. The molecule has 3 unspecified atom stereocenters. The first-order valence-corrected chi connectivity index (χ1v) is 8.96. The van der Waals surface area contributed by atoms with Gasteiger partial charge in [-0.15, -0.1) is 0 Å². The number of aliphatic hydroxyl groups excluding tert-OH is 1. The van der Waals surface area contributed by atoms with E-state index < -0.39 is 44.1 Å². The van der Waals surface area contributed by atoms with Crippen molar-refractivity contribution < 1.29 is 33.1 Å². The molecule has 0 spiro atoms. The molecule has 11 nitrogen and oxygen atoms in total. The minimum atomic E-state index is -4.27. The maximum Gasteiger partial charge on any atom is 0.472 e. The molecule has 3 N–H and O–H groups in total. The molecule has 144 valence electrons. The number of nitrogens with one attached hydrogen (secondary N) is 1. The first kappa shape index (κ1) is 21.7. The van der Waals surface area contributed by atoms with Crippen LogP contribution < -0.4 is 11.2 Å². The molecular weight excluding hydrogens is 359 g/mol. The summed E-state index contributed by atoms with van der Waals surface area (Å²) in [4.78, 5) is 34.4. The van der Waals surface area contributed by atoms with Crippen LogP contribution in [0.3, 0.4) is 0 Å². The van der Waals surface area contributed by atoms with E-state index in [1.54, 1.807) is 6.92 Å². The number of rotatable bonds is 11. The van der Waals surface area contributed by atoms with E-state index in [0.29, 0.717) is 6.61 Å². The zero-order valence-electron chi connectivity index (χ0n) is 14.2. The summed E-state index contributed by atoms with van der Waals surface area (Å²) < 4.78 is 32.7. The van der Waals surface area contributed by atoms with E-state index in [1.807, 2.05) is 4.98 Å². The van der Waals surface area contributed by atoms with E-state index >= 15 is 0 Å².